The molecule has 1 aliphatic rings. The molecule has 0 saturated carbocycles. The van der Waals surface area contributed by atoms with Gasteiger partial charge in [0, 0.05) is 32.5 Å². The largest absolute Gasteiger partial charge is 1.00 e. The van der Waals surface area contributed by atoms with Crippen molar-refractivity contribution >= 4 is 0 Å². The second-order valence-corrected chi connectivity index (χ2v) is 3.10. The van der Waals surface area contributed by atoms with Crippen molar-refractivity contribution < 1.29 is 44.3 Å². The van der Waals surface area contributed by atoms with Crippen LogP contribution in [0.25, 0.3) is 4.98 Å². The van der Waals surface area contributed by atoms with Crippen molar-refractivity contribution in [1.29, 1.82) is 5.39 Å². The number of hydrogen-bond donors (Lipinski definition) is 1. The van der Waals surface area contributed by atoms with Crippen LogP contribution >= 0.6 is 0 Å². The Bertz CT molecular complexity index is 272. The van der Waals surface area contributed by atoms with Crippen molar-refractivity contribution in [2.45, 2.75) is 25.4 Å². The van der Waals surface area contributed by atoms with Crippen LogP contribution in [0.15, 0.2) is 23.8 Å². The standard InChI is InChI=1S/C8H12N3.2ClH.Zn/c1-6-3-4-8(2,11-10)7(9)5-6;;;/h3-5,7H,9H2,1-2H3;2*1H;/q+1;;;/p-2. The predicted octanol–water partition coefficient (Wildman–Crippen LogP) is -4.55. The second-order valence-electron chi connectivity index (χ2n) is 3.10. The zero-order chi connectivity index (χ0) is 8.48. The average Bonchev–Trinajstić information content (AvgIpc) is 1.98. The molecule has 1 aliphatic carbocycles. The molecule has 0 heterocycles. The summed E-state index contributed by atoms with van der Waals surface area (Å²) in [6.07, 6.45) is 5.61. The number of nitrogens with zero attached hydrogens (tertiary/aromatic N) is 2. The van der Waals surface area contributed by atoms with Gasteiger partial charge in [-0.3, -0.25) is 0 Å². The summed E-state index contributed by atoms with van der Waals surface area (Å²) in [7, 11) is 0. The summed E-state index contributed by atoms with van der Waals surface area (Å²) < 4.78 is 0. The fourth-order valence-corrected chi connectivity index (χ4v) is 1.02. The van der Waals surface area contributed by atoms with Gasteiger partial charge in [0.15, 0.2) is 0 Å². The fourth-order valence-electron chi connectivity index (χ4n) is 1.02. The van der Waals surface area contributed by atoms with Crippen molar-refractivity contribution in [3.05, 3.63) is 28.8 Å². The van der Waals surface area contributed by atoms with Crippen molar-refractivity contribution in [2.24, 2.45) is 5.73 Å². The summed E-state index contributed by atoms with van der Waals surface area (Å²) in [6, 6.07) is -0.225. The molecule has 0 aliphatic heterocycles. The van der Waals surface area contributed by atoms with Crippen LogP contribution in [0, 0.1) is 5.39 Å². The van der Waals surface area contributed by atoms with Crippen LogP contribution < -0.4 is 30.5 Å². The van der Waals surface area contributed by atoms with E-state index in [0.717, 1.165) is 5.57 Å². The van der Waals surface area contributed by atoms with Crippen molar-refractivity contribution in [3.8, 4) is 0 Å². The minimum Gasteiger partial charge on any atom is -1.00 e. The first kappa shape index (κ1) is 19.6. The molecule has 0 aromatic carbocycles. The molecule has 0 fully saturated rings. The Kier molecular flexibility index (Phi) is 10.3. The van der Waals surface area contributed by atoms with E-state index in [1.807, 2.05) is 25.2 Å². The first-order chi connectivity index (χ1) is 5.08. The molecule has 0 aromatic heterocycles. The number of halogens is 2. The number of allylic oxidation sites excluding steroid dienone is 2. The Morgan fingerprint density at radius 3 is 2.36 bits per heavy atom. The first-order valence-electron chi connectivity index (χ1n) is 3.58. The van der Waals surface area contributed by atoms with E-state index in [2.05, 4.69) is 4.98 Å². The maximum absolute atomic E-state index is 8.67. The molecule has 76 valence electrons. The van der Waals surface area contributed by atoms with Gasteiger partial charge in [-0.05, 0) is 6.92 Å². The topological polar surface area (TPSA) is 54.2 Å². The van der Waals surface area contributed by atoms with Gasteiger partial charge < -0.3 is 30.5 Å². The summed E-state index contributed by atoms with van der Waals surface area (Å²) >= 11 is 0. The summed E-state index contributed by atoms with van der Waals surface area (Å²) in [5.74, 6) is 0. The molecule has 6 heteroatoms. The minimum absolute atomic E-state index is 0. The van der Waals surface area contributed by atoms with Crippen LogP contribution in [-0.4, -0.2) is 11.6 Å². The molecule has 0 spiro atoms. The molecule has 3 nitrogen and oxygen atoms in total. The molecule has 2 unspecified atom stereocenters. The zero-order valence-electron chi connectivity index (χ0n) is 8.24. The fraction of sp³-hybridized carbons (Fsp3) is 0.500. The quantitative estimate of drug-likeness (QED) is 0.360. The third kappa shape index (κ3) is 4.06. The van der Waals surface area contributed by atoms with E-state index in [4.69, 9.17) is 11.1 Å². The Labute approximate surface area is 109 Å². The van der Waals surface area contributed by atoms with E-state index in [1.165, 1.54) is 0 Å². The van der Waals surface area contributed by atoms with E-state index in [1.54, 1.807) is 6.92 Å². The summed E-state index contributed by atoms with van der Waals surface area (Å²) in [5.41, 5.74) is 6.20. The molecular weight excluding hydrogens is 274 g/mol. The maximum atomic E-state index is 8.67. The number of rotatable bonds is 0. The SMILES string of the molecule is CC1=CC(N)C(C)([N+]#N)C=C1.[Cl-].[Cl-].[Zn]. The number of hydrogen-bond acceptors (Lipinski definition) is 2. The van der Waals surface area contributed by atoms with E-state index in [9.17, 15) is 0 Å². The van der Waals surface area contributed by atoms with Crippen molar-refractivity contribution in [1.82, 2.24) is 0 Å². The summed E-state index contributed by atoms with van der Waals surface area (Å²) in [5, 5.41) is 8.67. The maximum Gasteiger partial charge on any atom is 0.356 e. The Balaban J connectivity index is -0.000000403. The van der Waals surface area contributed by atoms with Gasteiger partial charge >= 0.3 is 5.54 Å². The van der Waals surface area contributed by atoms with Crippen LogP contribution in [0.3, 0.4) is 0 Å². The summed E-state index contributed by atoms with van der Waals surface area (Å²) in [6.45, 7) is 3.75. The van der Waals surface area contributed by atoms with Gasteiger partial charge in [0.25, 0.3) is 0 Å². The van der Waals surface area contributed by atoms with E-state index in [-0.39, 0.29) is 50.3 Å². The van der Waals surface area contributed by atoms with Gasteiger partial charge in [0.05, 0.1) is 0 Å². The molecule has 0 radical (unpaired) electrons. The molecular formula is C8H12Cl2N3Zn-. The van der Waals surface area contributed by atoms with E-state index in [0.29, 0.717) is 0 Å². The van der Waals surface area contributed by atoms with Gasteiger partial charge in [0.2, 0.25) is 5.39 Å². The number of nitrogens with two attached hydrogens (primary N) is 1. The first-order valence-corrected chi connectivity index (χ1v) is 3.58. The smallest absolute Gasteiger partial charge is 0.356 e. The predicted molar refractivity (Wildman–Crippen MR) is 44.4 cm³/mol. The second kappa shape index (κ2) is 7.37. The molecule has 0 bridgehead atoms. The van der Waals surface area contributed by atoms with Gasteiger partial charge in [0.1, 0.15) is 11.0 Å². The van der Waals surface area contributed by atoms with Gasteiger partial charge in [-0.15, -0.1) is 0 Å². The molecule has 2 atom stereocenters. The average molecular weight is 287 g/mol. The monoisotopic (exact) mass is 284 g/mol. The van der Waals surface area contributed by atoms with Crippen molar-refractivity contribution in [3.63, 3.8) is 0 Å². The van der Waals surface area contributed by atoms with Gasteiger partial charge in [-0.1, -0.05) is 17.7 Å². The molecule has 0 saturated heterocycles. The minimum atomic E-state index is -0.639. The van der Waals surface area contributed by atoms with Crippen LogP contribution in [0.4, 0.5) is 0 Å². The normalized spacial score (nSPS) is 28.4. The molecule has 0 amide bonds. The Hall–Kier alpha value is 0.0634. The van der Waals surface area contributed by atoms with Crippen LogP contribution in [0.2, 0.25) is 0 Å². The van der Waals surface area contributed by atoms with Crippen molar-refractivity contribution in [2.75, 3.05) is 0 Å². The van der Waals surface area contributed by atoms with Gasteiger partial charge in [-0.2, -0.15) is 0 Å². The van der Waals surface area contributed by atoms with Gasteiger partial charge in [-0.25, -0.2) is 0 Å². The number of diazo groups is 1. The third-order valence-corrected chi connectivity index (χ3v) is 2.02. The molecule has 14 heavy (non-hydrogen) atoms. The summed E-state index contributed by atoms with van der Waals surface area (Å²) in [4.78, 5) is 3.24. The molecule has 0 aromatic rings. The Morgan fingerprint density at radius 2 is 2.00 bits per heavy atom. The third-order valence-electron chi connectivity index (χ3n) is 2.02. The van der Waals surface area contributed by atoms with Crippen LogP contribution in [0.1, 0.15) is 13.8 Å². The van der Waals surface area contributed by atoms with Crippen LogP contribution in [-0.2, 0) is 19.5 Å². The molecule has 1 rings (SSSR count). The van der Waals surface area contributed by atoms with E-state index < -0.39 is 5.54 Å². The molecule has 2 N–H and O–H groups in total. The van der Waals surface area contributed by atoms with E-state index >= 15 is 0 Å². The van der Waals surface area contributed by atoms with Crippen LogP contribution in [0.5, 0.6) is 0 Å². The Morgan fingerprint density at radius 1 is 1.50 bits per heavy atom. The zero-order valence-corrected chi connectivity index (χ0v) is 12.7.